The second-order valence-corrected chi connectivity index (χ2v) is 10.1. The van der Waals surface area contributed by atoms with Crippen LogP contribution in [0.5, 0.6) is 0 Å². The molecule has 4 rings (SSSR count). The second kappa shape index (κ2) is 9.32. The Morgan fingerprint density at radius 3 is 2.24 bits per heavy atom. The van der Waals surface area contributed by atoms with E-state index in [1.54, 1.807) is 0 Å². The Labute approximate surface area is 198 Å². The summed E-state index contributed by atoms with van der Waals surface area (Å²) >= 11 is 1.50. The van der Waals surface area contributed by atoms with Gasteiger partial charge in [0.15, 0.2) is 0 Å². The summed E-state index contributed by atoms with van der Waals surface area (Å²) in [4.78, 5) is 32.7. The van der Waals surface area contributed by atoms with Crippen molar-refractivity contribution in [1.82, 2.24) is 9.55 Å². The maximum atomic E-state index is 13.4. The third-order valence-corrected chi connectivity index (χ3v) is 6.88. The lowest BCUT2D eigenvalue weighted by atomic mass is 9.92. The average Bonchev–Trinajstić information content (AvgIpc) is 3.12. The average molecular weight is 460 g/mol. The molecule has 0 radical (unpaired) electrons. The van der Waals surface area contributed by atoms with E-state index in [2.05, 4.69) is 38.0 Å². The van der Waals surface area contributed by atoms with Crippen LogP contribution < -0.4 is 10.9 Å². The number of nitrogens with zero attached hydrogens (tertiary/aromatic N) is 2. The number of anilines is 1. The lowest BCUT2D eigenvalue weighted by molar-refractivity contribution is -0.116. The van der Waals surface area contributed by atoms with E-state index in [0.717, 1.165) is 32.8 Å². The van der Waals surface area contributed by atoms with E-state index in [1.165, 1.54) is 22.2 Å². The van der Waals surface area contributed by atoms with Gasteiger partial charge in [-0.1, -0.05) is 76.2 Å². The number of rotatable bonds is 6. The van der Waals surface area contributed by atoms with Gasteiger partial charge in [0.05, 0.1) is 11.7 Å². The molecule has 0 unspecified atom stereocenters. The van der Waals surface area contributed by atoms with Crippen LogP contribution in [0.1, 0.15) is 55.5 Å². The zero-order chi connectivity index (χ0) is 23.7. The van der Waals surface area contributed by atoms with E-state index in [1.807, 2.05) is 55.5 Å². The number of fused-ring (bicyclic) bond motifs is 1. The molecule has 0 aliphatic carbocycles. The van der Waals surface area contributed by atoms with Crippen molar-refractivity contribution in [2.45, 2.75) is 53.0 Å². The molecule has 0 bridgehead atoms. The number of aryl methyl sites for hydroxylation is 1. The third-order valence-electron chi connectivity index (χ3n) is 5.87. The maximum absolute atomic E-state index is 13.4. The molecule has 6 heteroatoms. The molecule has 2 aromatic carbocycles. The molecule has 2 heterocycles. The molecule has 4 aromatic rings. The first-order chi connectivity index (χ1) is 15.8. The van der Waals surface area contributed by atoms with Crippen LogP contribution in [0, 0.1) is 6.92 Å². The Hall–Kier alpha value is -3.25. The van der Waals surface area contributed by atoms with Crippen LogP contribution in [0.15, 0.2) is 59.7 Å². The smallest absolute Gasteiger partial charge is 0.263 e. The summed E-state index contributed by atoms with van der Waals surface area (Å²) in [6.07, 6.45) is 1.48. The SMILES string of the molecule is Cc1sc2ncn(CC(=O)Nc3c(C(C)C)cccc3C(C)C)c(=O)c2c1-c1ccccc1. The Morgan fingerprint density at radius 2 is 1.64 bits per heavy atom. The number of nitrogens with one attached hydrogen (secondary N) is 1. The highest BCUT2D eigenvalue weighted by atomic mass is 32.1. The summed E-state index contributed by atoms with van der Waals surface area (Å²) in [7, 11) is 0. The Kier molecular flexibility index (Phi) is 6.47. The number of amides is 1. The van der Waals surface area contributed by atoms with E-state index < -0.39 is 0 Å². The number of hydrogen-bond acceptors (Lipinski definition) is 4. The molecule has 2 aromatic heterocycles. The van der Waals surface area contributed by atoms with Gasteiger partial charge in [-0.05, 0) is 35.4 Å². The zero-order valence-electron chi connectivity index (χ0n) is 19.7. The fourth-order valence-electron chi connectivity index (χ4n) is 4.23. The Bertz CT molecular complexity index is 1340. The molecule has 1 N–H and O–H groups in total. The number of carbonyl (C=O) groups is 1. The molecule has 5 nitrogen and oxygen atoms in total. The number of carbonyl (C=O) groups excluding carboxylic acids is 1. The highest BCUT2D eigenvalue weighted by Gasteiger charge is 2.19. The summed E-state index contributed by atoms with van der Waals surface area (Å²) in [6, 6.07) is 16.0. The highest BCUT2D eigenvalue weighted by Crippen LogP contribution is 2.35. The van der Waals surface area contributed by atoms with E-state index in [9.17, 15) is 9.59 Å². The Balaban J connectivity index is 1.71. The quantitative estimate of drug-likeness (QED) is 0.367. The van der Waals surface area contributed by atoms with E-state index >= 15 is 0 Å². The molecular formula is C27H29N3O2S. The molecule has 0 spiro atoms. The van der Waals surface area contributed by atoms with Crippen LogP contribution in [-0.4, -0.2) is 15.5 Å². The first kappa shape index (κ1) is 22.9. The molecule has 0 fully saturated rings. The molecule has 0 aliphatic heterocycles. The lowest BCUT2D eigenvalue weighted by Gasteiger charge is -2.20. The molecule has 0 saturated heterocycles. The molecule has 0 atom stereocenters. The number of hydrogen-bond donors (Lipinski definition) is 1. The van der Waals surface area contributed by atoms with Crippen LogP contribution in [0.4, 0.5) is 5.69 Å². The number of para-hydroxylation sites is 1. The van der Waals surface area contributed by atoms with Crippen molar-refractivity contribution in [2.24, 2.45) is 0 Å². The van der Waals surface area contributed by atoms with Gasteiger partial charge in [0.2, 0.25) is 5.91 Å². The minimum absolute atomic E-state index is 0.0884. The van der Waals surface area contributed by atoms with Crippen molar-refractivity contribution in [3.8, 4) is 11.1 Å². The van der Waals surface area contributed by atoms with Crippen molar-refractivity contribution in [3.63, 3.8) is 0 Å². The monoisotopic (exact) mass is 459 g/mol. The molecule has 0 aliphatic rings. The van der Waals surface area contributed by atoms with Gasteiger partial charge in [-0.15, -0.1) is 11.3 Å². The molecule has 1 amide bonds. The maximum Gasteiger partial charge on any atom is 0.263 e. The van der Waals surface area contributed by atoms with Crippen molar-refractivity contribution in [2.75, 3.05) is 5.32 Å². The number of thiophene rings is 1. The Morgan fingerprint density at radius 1 is 1.00 bits per heavy atom. The standard InChI is InChI=1S/C27H29N3O2S/c1-16(2)20-12-9-13-21(17(3)4)25(20)29-22(31)14-30-15-28-26-24(27(30)32)23(18(5)33-26)19-10-7-6-8-11-19/h6-13,15-17H,14H2,1-5H3,(H,29,31). The van der Waals surface area contributed by atoms with Crippen LogP contribution >= 0.6 is 11.3 Å². The molecular weight excluding hydrogens is 430 g/mol. The first-order valence-corrected chi connectivity index (χ1v) is 12.1. The third kappa shape index (κ3) is 4.48. The van der Waals surface area contributed by atoms with E-state index in [4.69, 9.17) is 0 Å². The summed E-state index contributed by atoms with van der Waals surface area (Å²) in [5.74, 6) is 0.297. The number of aromatic nitrogens is 2. The van der Waals surface area contributed by atoms with Crippen LogP contribution in [-0.2, 0) is 11.3 Å². The van der Waals surface area contributed by atoms with Crippen LogP contribution in [0.2, 0.25) is 0 Å². The van der Waals surface area contributed by atoms with Crippen molar-refractivity contribution >= 4 is 33.1 Å². The molecule has 33 heavy (non-hydrogen) atoms. The summed E-state index contributed by atoms with van der Waals surface area (Å²) < 4.78 is 1.41. The summed E-state index contributed by atoms with van der Waals surface area (Å²) in [6.45, 7) is 10.4. The van der Waals surface area contributed by atoms with Gasteiger partial charge in [-0.25, -0.2) is 4.98 Å². The largest absolute Gasteiger partial charge is 0.324 e. The lowest BCUT2D eigenvalue weighted by Crippen LogP contribution is -2.28. The first-order valence-electron chi connectivity index (χ1n) is 11.2. The zero-order valence-corrected chi connectivity index (χ0v) is 20.5. The van der Waals surface area contributed by atoms with Gasteiger partial charge in [-0.2, -0.15) is 0 Å². The van der Waals surface area contributed by atoms with Gasteiger partial charge < -0.3 is 5.32 Å². The fraction of sp³-hybridized carbons (Fsp3) is 0.296. The topological polar surface area (TPSA) is 64.0 Å². The van der Waals surface area contributed by atoms with Gasteiger partial charge in [-0.3, -0.25) is 14.2 Å². The predicted octanol–water partition coefficient (Wildman–Crippen LogP) is 6.32. The summed E-state index contributed by atoms with van der Waals surface area (Å²) in [5, 5.41) is 3.67. The summed E-state index contributed by atoms with van der Waals surface area (Å²) in [5.41, 5.74) is 4.72. The molecule has 0 saturated carbocycles. The van der Waals surface area contributed by atoms with Crippen molar-refractivity contribution < 1.29 is 4.79 Å². The van der Waals surface area contributed by atoms with E-state index in [0.29, 0.717) is 10.2 Å². The second-order valence-electron chi connectivity index (χ2n) is 8.93. The van der Waals surface area contributed by atoms with Gasteiger partial charge in [0.25, 0.3) is 5.56 Å². The van der Waals surface area contributed by atoms with Gasteiger partial charge >= 0.3 is 0 Å². The minimum atomic E-state index is -0.235. The van der Waals surface area contributed by atoms with Crippen LogP contribution in [0.25, 0.3) is 21.3 Å². The van der Waals surface area contributed by atoms with Crippen LogP contribution in [0.3, 0.4) is 0 Å². The normalized spacial score (nSPS) is 11.5. The predicted molar refractivity (Wildman–Crippen MR) is 137 cm³/mol. The fourth-order valence-corrected chi connectivity index (χ4v) is 5.23. The van der Waals surface area contributed by atoms with Crippen molar-refractivity contribution in [1.29, 1.82) is 0 Å². The minimum Gasteiger partial charge on any atom is -0.324 e. The van der Waals surface area contributed by atoms with Crippen molar-refractivity contribution in [3.05, 3.63) is 81.2 Å². The van der Waals surface area contributed by atoms with Gasteiger partial charge in [0, 0.05) is 16.1 Å². The highest BCUT2D eigenvalue weighted by molar-refractivity contribution is 7.19. The van der Waals surface area contributed by atoms with Gasteiger partial charge in [0.1, 0.15) is 11.4 Å². The number of benzene rings is 2. The molecule has 170 valence electrons. The van der Waals surface area contributed by atoms with E-state index in [-0.39, 0.29) is 29.8 Å².